The highest BCUT2D eigenvalue weighted by Gasteiger charge is 2.18. The summed E-state index contributed by atoms with van der Waals surface area (Å²) in [4.78, 5) is 6.77. The Bertz CT molecular complexity index is 641. The van der Waals surface area contributed by atoms with Gasteiger partial charge in [0, 0.05) is 37.3 Å². The number of halogens is 1. The molecule has 1 heterocycles. The van der Waals surface area contributed by atoms with E-state index in [1.54, 1.807) is 7.11 Å². The van der Waals surface area contributed by atoms with Gasteiger partial charge in [-0.3, -0.25) is 0 Å². The van der Waals surface area contributed by atoms with E-state index in [-0.39, 0.29) is 0 Å². The number of anilines is 1. The molecule has 1 aromatic heterocycles. The Morgan fingerprint density at radius 2 is 2.05 bits per heavy atom. The van der Waals surface area contributed by atoms with Crippen molar-refractivity contribution in [3.8, 4) is 5.75 Å². The van der Waals surface area contributed by atoms with Crippen LogP contribution in [0.3, 0.4) is 0 Å². The van der Waals surface area contributed by atoms with Gasteiger partial charge in [-0.05, 0) is 26.1 Å². The number of fused-ring (bicyclic) bond motifs is 1. The van der Waals surface area contributed by atoms with E-state index in [4.69, 9.17) is 21.3 Å². The summed E-state index contributed by atoms with van der Waals surface area (Å²) in [5, 5.41) is 4.82. The first-order valence-electron chi connectivity index (χ1n) is 6.48. The molecule has 4 nitrogen and oxygen atoms in total. The monoisotopic (exact) mass is 293 g/mol. The van der Waals surface area contributed by atoms with Gasteiger partial charge in [0.05, 0.1) is 17.8 Å². The largest absolute Gasteiger partial charge is 0.494 e. The van der Waals surface area contributed by atoms with Gasteiger partial charge in [0.2, 0.25) is 0 Å². The third kappa shape index (κ3) is 2.41. The summed E-state index contributed by atoms with van der Waals surface area (Å²) >= 11 is 6.42. The topological polar surface area (TPSA) is 37.4 Å². The molecule has 0 fully saturated rings. The first-order valence-corrected chi connectivity index (χ1v) is 6.86. The molecule has 0 aliphatic carbocycles. The molecule has 20 heavy (non-hydrogen) atoms. The van der Waals surface area contributed by atoms with E-state index in [2.05, 4.69) is 10.2 Å². The number of benzene rings is 1. The smallest absolute Gasteiger partial charge is 0.145 e. The van der Waals surface area contributed by atoms with Crippen molar-refractivity contribution in [2.24, 2.45) is 0 Å². The van der Waals surface area contributed by atoms with Gasteiger partial charge < -0.3 is 15.0 Å². The van der Waals surface area contributed by atoms with Gasteiger partial charge in [0.1, 0.15) is 11.3 Å². The van der Waals surface area contributed by atoms with E-state index in [1.807, 2.05) is 40.2 Å². The standard InChI is InChI=1S/C15H20ClN3O/c1-9-10(8-17-2)15(19(3)4)13-11(16)6-7-12(20-5)14(13)18-9/h6-7,17H,8H2,1-5H3. The van der Waals surface area contributed by atoms with E-state index < -0.39 is 0 Å². The van der Waals surface area contributed by atoms with Gasteiger partial charge >= 0.3 is 0 Å². The lowest BCUT2D eigenvalue weighted by atomic mass is 10.0. The number of hydrogen-bond acceptors (Lipinski definition) is 4. The number of ether oxygens (including phenoxy) is 1. The molecule has 1 N–H and O–H groups in total. The number of pyridine rings is 1. The summed E-state index contributed by atoms with van der Waals surface area (Å²) in [6.07, 6.45) is 0. The van der Waals surface area contributed by atoms with E-state index in [0.29, 0.717) is 5.02 Å². The molecular formula is C15H20ClN3O. The summed E-state index contributed by atoms with van der Waals surface area (Å²) < 4.78 is 5.42. The van der Waals surface area contributed by atoms with Crippen LogP contribution in [0.1, 0.15) is 11.3 Å². The van der Waals surface area contributed by atoms with E-state index in [1.165, 1.54) is 0 Å². The Morgan fingerprint density at radius 3 is 2.60 bits per heavy atom. The highest BCUT2D eigenvalue weighted by Crippen LogP contribution is 2.39. The number of nitrogens with zero attached hydrogens (tertiary/aromatic N) is 2. The Labute approximate surface area is 124 Å². The summed E-state index contributed by atoms with van der Waals surface area (Å²) in [6.45, 7) is 2.76. The minimum atomic E-state index is 0.689. The van der Waals surface area contributed by atoms with E-state index >= 15 is 0 Å². The summed E-state index contributed by atoms with van der Waals surface area (Å²) in [5.74, 6) is 0.742. The molecule has 0 aliphatic rings. The number of aryl methyl sites for hydroxylation is 1. The van der Waals surface area contributed by atoms with Crippen molar-refractivity contribution in [1.82, 2.24) is 10.3 Å². The molecule has 0 saturated heterocycles. The lowest BCUT2D eigenvalue weighted by molar-refractivity contribution is 0.419. The van der Waals surface area contributed by atoms with Crippen molar-refractivity contribution in [1.29, 1.82) is 0 Å². The van der Waals surface area contributed by atoms with Crippen molar-refractivity contribution in [2.45, 2.75) is 13.5 Å². The quantitative estimate of drug-likeness (QED) is 0.940. The predicted octanol–water partition coefficient (Wildman–Crippen LogP) is 2.99. The van der Waals surface area contributed by atoms with Crippen LogP contribution in [-0.4, -0.2) is 33.2 Å². The fourth-order valence-electron chi connectivity index (χ4n) is 2.49. The molecule has 0 atom stereocenters. The second-order valence-electron chi connectivity index (χ2n) is 4.92. The predicted molar refractivity (Wildman–Crippen MR) is 85.1 cm³/mol. The third-order valence-corrected chi connectivity index (χ3v) is 3.66. The molecule has 0 spiro atoms. The first-order chi connectivity index (χ1) is 9.51. The molecule has 5 heteroatoms. The molecule has 0 radical (unpaired) electrons. The van der Waals surface area contributed by atoms with E-state index in [9.17, 15) is 0 Å². The summed E-state index contributed by atoms with van der Waals surface area (Å²) in [7, 11) is 7.61. The average Bonchev–Trinajstić information content (AvgIpc) is 2.40. The lowest BCUT2D eigenvalue weighted by Gasteiger charge is -2.23. The van der Waals surface area contributed by atoms with Gasteiger partial charge in [-0.2, -0.15) is 0 Å². The maximum Gasteiger partial charge on any atom is 0.145 e. The molecule has 1 aromatic carbocycles. The molecule has 108 valence electrons. The molecule has 0 aliphatic heterocycles. The Balaban J connectivity index is 2.93. The van der Waals surface area contributed by atoms with Gasteiger partial charge in [0.25, 0.3) is 0 Å². The summed E-state index contributed by atoms with van der Waals surface area (Å²) in [6, 6.07) is 3.71. The van der Waals surface area contributed by atoms with Gasteiger partial charge in [-0.1, -0.05) is 11.6 Å². The Kier molecular flexibility index (Phi) is 4.35. The van der Waals surface area contributed by atoms with Crippen LogP contribution >= 0.6 is 11.6 Å². The number of aromatic nitrogens is 1. The van der Waals surface area contributed by atoms with Crippen LogP contribution in [0, 0.1) is 6.92 Å². The minimum absolute atomic E-state index is 0.689. The Hall–Kier alpha value is -1.52. The molecule has 0 unspecified atom stereocenters. The molecule has 0 amide bonds. The minimum Gasteiger partial charge on any atom is -0.494 e. The summed E-state index contributed by atoms with van der Waals surface area (Å²) in [5.41, 5.74) is 4.03. The van der Waals surface area contributed by atoms with Crippen molar-refractivity contribution >= 4 is 28.2 Å². The van der Waals surface area contributed by atoms with Crippen LogP contribution in [0.2, 0.25) is 5.02 Å². The van der Waals surface area contributed by atoms with Crippen molar-refractivity contribution < 1.29 is 4.74 Å². The number of hydrogen-bond donors (Lipinski definition) is 1. The van der Waals surface area contributed by atoms with Crippen LogP contribution in [0.4, 0.5) is 5.69 Å². The lowest BCUT2D eigenvalue weighted by Crippen LogP contribution is -2.17. The van der Waals surface area contributed by atoms with E-state index in [0.717, 1.165) is 40.1 Å². The maximum atomic E-state index is 6.42. The van der Waals surface area contributed by atoms with Gasteiger partial charge in [-0.25, -0.2) is 4.98 Å². The van der Waals surface area contributed by atoms with Crippen molar-refractivity contribution in [3.05, 3.63) is 28.4 Å². The number of methoxy groups -OCH3 is 1. The zero-order chi connectivity index (χ0) is 14.9. The molecule has 2 aromatic rings. The van der Waals surface area contributed by atoms with Crippen LogP contribution in [0.5, 0.6) is 5.75 Å². The molecule has 2 rings (SSSR count). The zero-order valence-corrected chi connectivity index (χ0v) is 13.3. The first kappa shape index (κ1) is 14.9. The molecule has 0 saturated carbocycles. The Morgan fingerprint density at radius 1 is 1.35 bits per heavy atom. The van der Waals surface area contributed by atoms with Gasteiger partial charge in [0.15, 0.2) is 0 Å². The van der Waals surface area contributed by atoms with Gasteiger partial charge in [-0.15, -0.1) is 0 Å². The van der Waals surface area contributed by atoms with Crippen molar-refractivity contribution in [2.75, 3.05) is 33.2 Å². The number of rotatable bonds is 4. The van der Waals surface area contributed by atoms with Crippen LogP contribution in [0.25, 0.3) is 10.9 Å². The second kappa shape index (κ2) is 5.85. The number of nitrogens with one attached hydrogen (secondary N) is 1. The van der Waals surface area contributed by atoms with Crippen LogP contribution in [-0.2, 0) is 6.54 Å². The maximum absolute atomic E-state index is 6.42. The molecule has 0 bridgehead atoms. The van der Waals surface area contributed by atoms with Crippen LogP contribution in [0.15, 0.2) is 12.1 Å². The average molecular weight is 294 g/mol. The molecular weight excluding hydrogens is 274 g/mol. The SMILES string of the molecule is CNCc1c(C)nc2c(OC)ccc(Cl)c2c1N(C)C. The van der Waals surface area contributed by atoms with Crippen LogP contribution < -0.4 is 15.0 Å². The fraction of sp³-hybridized carbons (Fsp3) is 0.400. The normalized spacial score (nSPS) is 10.9. The zero-order valence-electron chi connectivity index (χ0n) is 12.5. The highest BCUT2D eigenvalue weighted by atomic mass is 35.5. The fourth-order valence-corrected chi connectivity index (χ4v) is 2.73. The van der Waals surface area contributed by atoms with Crippen molar-refractivity contribution in [3.63, 3.8) is 0 Å². The highest BCUT2D eigenvalue weighted by molar-refractivity contribution is 6.36. The third-order valence-electron chi connectivity index (χ3n) is 3.35. The second-order valence-corrected chi connectivity index (χ2v) is 5.33.